The Morgan fingerprint density at radius 2 is 1.82 bits per heavy atom. The molecule has 8 nitrogen and oxygen atoms in total. The van der Waals surface area contributed by atoms with Gasteiger partial charge in [-0.25, -0.2) is 9.36 Å². The molecule has 176 valence electrons. The monoisotopic (exact) mass is 469 g/mol. The predicted molar refractivity (Wildman–Crippen MR) is 133 cm³/mol. The minimum absolute atomic E-state index is 0.00760. The zero-order valence-corrected chi connectivity index (χ0v) is 21.0. The first-order valence-electron chi connectivity index (χ1n) is 10.9. The lowest BCUT2D eigenvalue weighted by atomic mass is 10.1. The van der Waals surface area contributed by atoms with Crippen molar-refractivity contribution in [2.24, 2.45) is 5.18 Å². The van der Waals surface area contributed by atoms with Gasteiger partial charge in [-0.15, -0.1) is 4.91 Å². The van der Waals surface area contributed by atoms with Crippen LogP contribution >= 0.6 is 0 Å². The number of hydrogen-bond acceptors (Lipinski definition) is 6. The number of hydrogen-bond donors (Lipinski definition) is 0. The molecule has 0 fully saturated rings. The molecule has 0 aliphatic rings. The van der Waals surface area contributed by atoms with E-state index in [1.807, 2.05) is 12.1 Å². The van der Waals surface area contributed by atoms with Gasteiger partial charge in [-0.05, 0) is 50.2 Å². The summed E-state index contributed by atoms with van der Waals surface area (Å²) in [7, 11) is -1.28. The van der Waals surface area contributed by atoms with E-state index < -0.39 is 19.8 Å². The number of carbonyl (C=O) groups excluding carboxylic acids is 1. The van der Waals surface area contributed by atoms with Crippen molar-refractivity contribution in [2.75, 3.05) is 6.61 Å². The fourth-order valence-electron chi connectivity index (χ4n) is 3.35. The lowest BCUT2D eigenvalue weighted by molar-refractivity contribution is 0.0547. The van der Waals surface area contributed by atoms with Crippen LogP contribution in [0.2, 0.25) is 25.7 Å². The van der Waals surface area contributed by atoms with Crippen molar-refractivity contribution >= 4 is 30.8 Å². The predicted octanol–water partition coefficient (Wildman–Crippen LogP) is 5.96. The van der Waals surface area contributed by atoms with Gasteiger partial charge in [0.2, 0.25) is 0 Å². The van der Waals surface area contributed by atoms with Crippen molar-refractivity contribution in [3.8, 4) is 11.3 Å². The van der Waals surface area contributed by atoms with Crippen molar-refractivity contribution in [1.29, 1.82) is 0 Å². The number of carbonyl (C=O) groups is 1. The molecule has 0 saturated carbocycles. The Balaban J connectivity index is 2.09. The average molecular weight is 470 g/mol. The maximum absolute atomic E-state index is 13.3. The molecule has 0 bridgehead atoms. The number of aromatic nitrogens is 2. The second-order valence-corrected chi connectivity index (χ2v) is 15.9. The molecule has 0 amide bonds. The summed E-state index contributed by atoms with van der Waals surface area (Å²) in [5.74, 6) is 0. The molecule has 33 heavy (non-hydrogen) atoms. The highest BCUT2D eigenvalue weighted by atomic mass is 28.3. The summed E-state index contributed by atoms with van der Waals surface area (Å²) >= 11 is 0. The number of nitrogens with zero attached hydrogens (tertiary/aromatic N) is 3. The molecule has 2 aromatic heterocycles. The van der Waals surface area contributed by atoms with E-state index in [2.05, 4.69) is 24.8 Å². The first-order chi connectivity index (χ1) is 15.4. The summed E-state index contributed by atoms with van der Waals surface area (Å²) < 4.78 is 14.0. The molecular weight excluding hydrogens is 438 g/mol. The molecule has 9 heteroatoms. The normalized spacial score (nSPS) is 12.2. The van der Waals surface area contributed by atoms with Gasteiger partial charge in [-0.3, -0.25) is 9.36 Å². The molecule has 0 aliphatic carbocycles. The van der Waals surface area contributed by atoms with Crippen LogP contribution in [0.15, 0.2) is 52.6 Å². The highest BCUT2D eigenvalue weighted by Gasteiger charge is 2.24. The fraction of sp³-hybridized carbons (Fsp3) is 0.417. The molecule has 1 aromatic carbocycles. The number of fused-ring (bicyclic) bond motifs is 1. The summed E-state index contributed by atoms with van der Waals surface area (Å²) in [5.41, 5.74) is 0.0572. The molecular formula is C24H31N3O5Si. The van der Waals surface area contributed by atoms with Gasteiger partial charge in [-0.2, -0.15) is 0 Å². The van der Waals surface area contributed by atoms with Gasteiger partial charge in [0, 0.05) is 26.3 Å². The summed E-state index contributed by atoms with van der Waals surface area (Å²) in [6.07, 6.45) is 0.758. The van der Waals surface area contributed by atoms with Crippen LogP contribution in [0.1, 0.15) is 20.8 Å². The fourth-order valence-corrected chi connectivity index (χ4v) is 4.10. The molecule has 0 saturated heterocycles. The molecule has 0 atom stereocenters. The zero-order chi connectivity index (χ0) is 24.4. The molecule has 3 rings (SSSR count). The lowest BCUT2D eigenvalue weighted by Gasteiger charge is -2.21. The maximum Gasteiger partial charge on any atom is 0.419 e. The SMILES string of the molecule is CC(C)(C)OC(=O)n1c(-c2cc(N=O)cn(COCC[Si](C)(C)C)c2=O)cc2ccccc21. The van der Waals surface area contributed by atoms with Gasteiger partial charge in [0.25, 0.3) is 5.56 Å². The van der Waals surface area contributed by atoms with E-state index in [0.29, 0.717) is 17.8 Å². The van der Waals surface area contributed by atoms with E-state index in [4.69, 9.17) is 9.47 Å². The summed E-state index contributed by atoms with van der Waals surface area (Å²) in [6.45, 7) is 12.6. The van der Waals surface area contributed by atoms with Crippen LogP contribution in [0, 0.1) is 4.91 Å². The first kappa shape index (κ1) is 24.6. The Bertz CT molecular complexity index is 1230. The molecule has 0 radical (unpaired) electrons. The van der Waals surface area contributed by atoms with E-state index in [-0.39, 0.29) is 23.5 Å². The Labute approximate surface area is 194 Å². The van der Waals surface area contributed by atoms with Crippen molar-refractivity contribution in [3.63, 3.8) is 0 Å². The van der Waals surface area contributed by atoms with Gasteiger partial charge in [0.05, 0.1) is 16.8 Å². The van der Waals surface area contributed by atoms with Crippen LogP contribution in [0.25, 0.3) is 22.2 Å². The van der Waals surface area contributed by atoms with Gasteiger partial charge in [-0.1, -0.05) is 37.8 Å². The smallest absolute Gasteiger partial charge is 0.419 e. The van der Waals surface area contributed by atoms with Crippen molar-refractivity contribution in [3.05, 3.63) is 57.9 Å². The van der Waals surface area contributed by atoms with Crippen LogP contribution in [0.3, 0.4) is 0 Å². The lowest BCUT2D eigenvalue weighted by Crippen LogP contribution is -2.29. The largest absolute Gasteiger partial charge is 0.443 e. The van der Waals surface area contributed by atoms with E-state index in [1.54, 1.807) is 39.0 Å². The van der Waals surface area contributed by atoms with Crippen molar-refractivity contribution in [1.82, 2.24) is 9.13 Å². The number of rotatable bonds is 7. The third kappa shape index (κ3) is 6.05. The second-order valence-electron chi connectivity index (χ2n) is 10.2. The van der Waals surface area contributed by atoms with Gasteiger partial charge >= 0.3 is 6.09 Å². The molecule has 0 spiro atoms. The Hall–Kier alpha value is -3.04. The number of para-hydroxylation sites is 1. The highest BCUT2D eigenvalue weighted by Crippen LogP contribution is 2.29. The number of nitroso groups, excluding NO2 is 1. The highest BCUT2D eigenvalue weighted by molar-refractivity contribution is 6.76. The number of pyridine rings is 1. The summed E-state index contributed by atoms with van der Waals surface area (Å²) in [6, 6.07) is 11.4. The van der Waals surface area contributed by atoms with Gasteiger partial charge in [0.15, 0.2) is 0 Å². The average Bonchev–Trinajstić information content (AvgIpc) is 3.09. The minimum Gasteiger partial charge on any atom is -0.443 e. The third-order valence-electron chi connectivity index (χ3n) is 4.97. The molecule has 0 N–H and O–H groups in total. The van der Waals surface area contributed by atoms with Crippen LogP contribution in [0.4, 0.5) is 10.5 Å². The standard InChI is InChI=1S/C24H31N3O5Si/c1-24(2,3)32-23(29)27-20-10-8-7-9-17(20)13-21(27)19-14-18(25-30)15-26(22(19)28)16-31-11-12-33(4,5)6/h7-10,13-15H,11-12,16H2,1-6H3. The molecule has 2 heterocycles. The topological polar surface area (TPSA) is 91.9 Å². The van der Waals surface area contributed by atoms with Crippen molar-refractivity contribution in [2.45, 2.75) is 58.8 Å². The van der Waals surface area contributed by atoms with Gasteiger partial charge in [0.1, 0.15) is 18.0 Å². The Kier molecular flexibility index (Phi) is 7.04. The van der Waals surface area contributed by atoms with E-state index in [0.717, 1.165) is 11.4 Å². The summed E-state index contributed by atoms with van der Waals surface area (Å²) in [5, 5.41) is 3.79. The second kappa shape index (κ2) is 9.44. The van der Waals surface area contributed by atoms with Gasteiger partial charge < -0.3 is 9.47 Å². The minimum atomic E-state index is -1.28. The number of benzene rings is 1. The third-order valence-corrected chi connectivity index (χ3v) is 6.67. The van der Waals surface area contributed by atoms with Crippen LogP contribution in [-0.4, -0.2) is 35.5 Å². The molecule has 0 aliphatic heterocycles. The van der Waals surface area contributed by atoms with Crippen LogP contribution in [0.5, 0.6) is 0 Å². The van der Waals surface area contributed by atoms with Crippen molar-refractivity contribution < 1.29 is 14.3 Å². The molecule has 3 aromatic rings. The van der Waals surface area contributed by atoms with E-state index >= 15 is 0 Å². The number of ether oxygens (including phenoxy) is 2. The Morgan fingerprint density at radius 1 is 1.12 bits per heavy atom. The van der Waals surface area contributed by atoms with Crippen LogP contribution in [-0.2, 0) is 16.2 Å². The summed E-state index contributed by atoms with van der Waals surface area (Å²) in [4.78, 5) is 37.9. The van der Waals surface area contributed by atoms with E-state index in [1.165, 1.54) is 21.4 Å². The first-order valence-corrected chi connectivity index (χ1v) is 14.6. The zero-order valence-electron chi connectivity index (χ0n) is 20.0. The van der Waals surface area contributed by atoms with E-state index in [9.17, 15) is 14.5 Å². The quantitative estimate of drug-likeness (QED) is 0.242. The van der Waals surface area contributed by atoms with Crippen LogP contribution < -0.4 is 5.56 Å². The Morgan fingerprint density at radius 3 is 2.45 bits per heavy atom. The maximum atomic E-state index is 13.3. The molecule has 0 unspecified atom stereocenters.